The molecule has 2 fully saturated rings. The number of carbonyl (C=O) groups is 2. The standard InChI is InChI=1S/C19H25FN2O3/c20-15-6-3-13(4-7-15)5-8-18(23)21-16-9-17(10-16)22(12-19(24)25)11-14-1-2-14/h3-4,6-7,14,16-17H,1-2,5,8-12H2,(H,21,23)(H,24,25). The third-order valence-electron chi connectivity index (χ3n) is 5.08. The lowest BCUT2D eigenvalue weighted by molar-refractivity contribution is -0.140. The predicted octanol–water partition coefficient (Wildman–Crippen LogP) is 2.20. The molecule has 3 rings (SSSR count). The minimum absolute atomic E-state index is 0.000229. The molecule has 5 nitrogen and oxygen atoms in total. The molecule has 136 valence electrons. The zero-order valence-electron chi connectivity index (χ0n) is 14.3. The Hall–Kier alpha value is -1.95. The molecule has 0 aromatic heterocycles. The maximum Gasteiger partial charge on any atom is 0.317 e. The lowest BCUT2D eigenvalue weighted by Crippen LogP contribution is -2.55. The summed E-state index contributed by atoms with van der Waals surface area (Å²) in [6.07, 6.45) is 5.02. The average Bonchev–Trinajstić information content (AvgIpc) is 3.33. The lowest BCUT2D eigenvalue weighted by Gasteiger charge is -2.42. The van der Waals surface area contributed by atoms with Crippen LogP contribution in [0.1, 0.15) is 37.7 Å². The van der Waals surface area contributed by atoms with Crippen molar-refractivity contribution in [2.45, 2.75) is 50.6 Å². The normalized spacial score (nSPS) is 22.5. The van der Waals surface area contributed by atoms with Gasteiger partial charge >= 0.3 is 5.97 Å². The van der Waals surface area contributed by atoms with Crippen molar-refractivity contribution >= 4 is 11.9 Å². The first kappa shape index (κ1) is 17.9. The number of carboxylic acid groups (broad SMARTS) is 1. The fourth-order valence-electron chi connectivity index (χ4n) is 3.36. The summed E-state index contributed by atoms with van der Waals surface area (Å²) in [4.78, 5) is 25.1. The maximum atomic E-state index is 12.9. The van der Waals surface area contributed by atoms with E-state index in [-0.39, 0.29) is 30.4 Å². The number of halogens is 1. The van der Waals surface area contributed by atoms with Gasteiger partial charge in [-0.2, -0.15) is 0 Å². The number of hydrogen-bond acceptors (Lipinski definition) is 3. The molecule has 0 aliphatic heterocycles. The van der Waals surface area contributed by atoms with Gasteiger partial charge in [0.15, 0.2) is 0 Å². The first-order valence-corrected chi connectivity index (χ1v) is 8.99. The van der Waals surface area contributed by atoms with Crippen LogP contribution >= 0.6 is 0 Å². The van der Waals surface area contributed by atoms with E-state index < -0.39 is 5.97 Å². The van der Waals surface area contributed by atoms with Crippen molar-refractivity contribution < 1.29 is 19.1 Å². The summed E-state index contributed by atoms with van der Waals surface area (Å²) >= 11 is 0. The van der Waals surface area contributed by atoms with Gasteiger partial charge in [0.25, 0.3) is 0 Å². The van der Waals surface area contributed by atoms with E-state index in [1.54, 1.807) is 12.1 Å². The number of carboxylic acids is 1. The molecule has 1 aromatic rings. The van der Waals surface area contributed by atoms with Crippen LogP contribution in [0.5, 0.6) is 0 Å². The minimum Gasteiger partial charge on any atom is -0.480 e. The molecular formula is C19H25FN2O3. The Bertz CT molecular complexity index is 610. The van der Waals surface area contributed by atoms with Crippen LogP contribution in [0.15, 0.2) is 24.3 Å². The topological polar surface area (TPSA) is 69.6 Å². The minimum atomic E-state index is -0.785. The second-order valence-corrected chi connectivity index (χ2v) is 7.28. The SMILES string of the molecule is O=C(O)CN(CC1CC1)C1CC(NC(=O)CCc2ccc(F)cc2)C1. The van der Waals surface area contributed by atoms with E-state index in [4.69, 9.17) is 5.11 Å². The molecule has 0 atom stereocenters. The van der Waals surface area contributed by atoms with Crippen LogP contribution in [0.3, 0.4) is 0 Å². The van der Waals surface area contributed by atoms with E-state index in [0.29, 0.717) is 18.8 Å². The van der Waals surface area contributed by atoms with Gasteiger partial charge in [-0.15, -0.1) is 0 Å². The number of aryl methyl sites for hydroxylation is 1. The van der Waals surface area contributed by atoms with E-state index in [2.05, 4.69) is 10.2 Å². The summed E-state index contributed by atoms with van der Waals surface area (Å²) in [6, 6.07) is 6.61. The van der Waals surface area contributed by atoms with Gasteiger partial charge < -0.3 is 10.4 Å². The zero-order chi connectivity index (χ0) is 17.8. The molecule has 1 amide bonds. The van der Waals surface area contributed by atoms with Crippen molar-refractivity contribution in [3.05, 3.63) is 35.6 Å². The molecule has 0 saturated heterocycles. The monoisotopic (exact) mass is 348 g/mol. The molecule has 0 unspecified atom stereocenters. The van der Waals surface area contributed by atoms with E-state index in [9.17, 15) is 14.0 Å². The van der Waals surface area contributed by atoms with Crippen LogP contribution in [0.2, 0.25) is 0 Å². The van der Waals surface area contributed by atoms with Crippen molar-refractivity contribution in [1.82, 2.24) is 10.2 Å². The van der Waals surface area contributed by atoms with Gasteiger partial charge in [0, 0.05) is 25.0 Å². The number of benzene rings is 1. The lowest BCUT2D eigenvalue weighted by atomic mass is 9.85. The molecule has 6 heteroatoms. The largest absolute Gasteiger partial charge is 0.480 e. The summed E-state index contributed by atoms with van der Waals surface area (Å²) in [5, 5.41) is 12.1. The third kappa shape index (κ3) is 5.53. The fourth-order valence-corrected chi connectivity index (χ4v) is 3.36. The summed E-state index contributed by atoms with van der Waals surface area (Å²) in [6.45, 7) is 0.953. The highest BCUT2D eigenvalue weighted by atomic mass is 19.1. The van der Waals surface area contributed by atoms with Crippen LogP contribution in [0.25, 0.3) is 0 Å². The van der Waals surface area contributed by atoms with Gasteiger partial charge in [-0.3, -0.25) is 14.5 Å². The molecule has 0 heterocycles. The molecular weight excluding hydrogens is 323 g/mol. The Morgan fingerprint density at radius 1 is 1.20 bits per heavy atom. The Kier molecular flexibility index (Phi) is 5.68. The molecule has 0 spiro atoms. The second-order valence-electron chi connectivity index (χ2n) is 7.28. The van der Waals surface area contributed by atoms with E-state index in [0.717, 1.165) is 24.9 Å². The van der Waals surface area contributed by atoms with Gasteiger partial charge in [-0.1, -0.05) is 12.1 Å². The number of carbonyl (C=O) groups excluding carboxylic acids is 1. The van der Waals surface area contributed by atoms with E-state index >= 15 is 0 Å². The van der Waals surface area contributed by atoms with Crippen molar-refractivity contribution in [3.8, 4) is 0 Å². The smallest absolute Gasteiger partial charge is 0.317 e. The van der Waals surface area contributed by atoms with Crippen molar-refractivity contribution in [2.75, 3.05) is 13.1 Å². The van der Waals surface area contributed by atoms with E-state index in [1.165, 1.54) is 25.0 Å². The Labute approximate surface area is 147 Å². The van der Waals surface area contributed by atoms with E-state index in [1.807, 2.05) is 0 Å². The molecule has 0 bridgehead atoms. The second kappa shape index (κ2) is 7.95. The van der Waals surface area contributed by atoms with Crippen molar-refractivity contribution in [2.24, 2.45) is 5.92 Å². The van der Waals surface area contributed by atoms with Crippen LogP contribution in [0.4, 0.5) is 4.39 Å². The van der Waals surface area contributed by atoms with Gasteiger partial charge in [0.05, 0.1) is 6.54 Å². The number of rotatable bonds is 9. The van der Waals surface area contributed by atoms with Gasteiger partial charge in [0.1, 0.15) is 5.82 Å². The first-order valence-electron chi connectivity index (χ1n) is 8.99. The number of hydrogen-bond donors (Lipinski definition) is 2. The van der Waals surface area contributed by atoms with Crippen LogP contribution in [-0.4, -0.2) is 47.1 Å². The number of nitrogens with zero attached hydrogens (tertiary/aromatic N) is 1. The molecule has 1 aromatic carbocycles. The first-order chi connectivity index (χ1) is 12.0. The molecule has 2 aliphatic rings. The quantitative estimate of drug-likeness (QED) is 0.718. The Morgan fingerprint density at radius 2 is 1.88 bits per heavy atom. The van der Waals surface area contributed by atoms with Crippen LogP contribution in [-0.2, 0) is 16.0 Å². The summed E-state index contributed by atoms with van der Waals surface area (Å²) in [5.74, 6) is -0.401. The molecule has 0 radical (unpaired) electrons. The number of amides is 1. The zero-order valence-corrected chi connectivity index (χ0v) is 14.3. The summed E-state index contributed by atoms with van der Waals surface area (Å²) in [7, 11) is 0. The highest BCUT2D eigenvalue weighted by Crippen LogP contribution is 2.33. The third-order valence-corrected chi connectivity index (χ3v) is 5.08. The molecule has 2 aliphatic carbocycles. The Morgan fingerprint density at radius 3 is 2.48 bits per heavy atom. The molecule has 2 saturated carbocycles. The average molecular weight is 348 g/mol. The van der Waals surface area contributed by atoms with Crippen LogP contribution in [0, 0.1) is 11.7 Å². The number of nitrogens with one attached hydrogen (secondary N) is 1. The molecule has 2 N–H and O–H groups in total. The Balaban J connectivity index is 1.37. The van der Waals surface area contributed by atoms with Gasteiger partial charge in [-0.05, 0) is 55.7 Å². The van der Waals surface area contributed by atoms with Crippen LogP contribution < -0.4 is 5.32 Å². The predicted molar refractivity (Wildman–Crippen MR) is 91.6 cm³/mol. The van der Waals surface area contributed by atoms with Crippen molar-refractivity contribution in [1.29, 1.82) is 0 Å². The number of aliphatic carboxylic acids is 1. The maximum absolute atomic E-state index is 12.9. The highest BCUT2D eigenvalue weighted by Gasteiger charge is 2.37. The fraction of sp³-hybridized carbons (Fsp3) is 0.579. The highest BCUT2D eigenvalue weighted by molar-refractivity contribution is 5.76. The van der Waals surface area contributed by atoms with Gasteiger partial charge in [-0.25, -0.2) is 4.39 Å². The summed E-state index contributed by atoms with van der Waals surface area (Å²) < 4.78 is 12.9. The molecule has 25 heavy (non-hydrogen) atoms. The van der Waals surface area contributed by atoms with Crippen molar-refractivity contribution in [3.63, 3.8) is 0 Å². The summed E-state index contributed by atoms with van der Waals surface area (Å²) in [5.41, 5.74) is 0.945. The van der Waals surface area contributed by atoms with Gasteiger partial charge in [0.2, 0.25) is 5.91 Å².